The molecule has 2 rings (SSSR count). The Morgan fingerprint density at radius 2 is 1.90 bits per heavy atom. The first-order valence-corrected chi connectivity index (χ1v) is 6.13. The molecule has 4 heteroatoms. The Bertz CT molecular complexity index is 645. The highest BCUT2D eigenvalue weighted by atomic mass is 16.5. The Balaban J connectivity index is 2.31. The third-order valence-electron chi connectivity index (χ3n) is 2.93. The van der Waals surface area contributed by atoms with E-state index in [9.17, 15) is 9.90 Å². The van der Waals surface area contributed by atoms with Crippen LogP contribution >= 0.6 is 0 Å². The molecule has 0 saturated carbocycles. The van der Waals surface area contributed by atoms with Gasteiger partial charge in [-0.1, -0.05) is 12.1 Å². The summed E-state index contributed by atoms with van der Waals surface area (Å²) in [6.07, 6.45) is 1.64. The fourth-order valence-corrected chi connectivity index (χ4v) is 1.87. The zero-order valence-electron chi connectivity index (χ0n) is 11.3. The van der Waals surface area contributed by atoms with Crippen LogP contribution in [0.5, 0.6) is 5.75 Å². The monoisotopic (exact) mass is 269 g/mol. The maximum Gasteiger partial charge on any atom is 0.338 e. The van der Waals surface area contributed by atoms with Gasteiger partial charge in [0.25, 0.3) is 0 Å². The largest absolute Gasteiger partial charge is 0.497 e. The highest BCUT2D eigenvalue weighted by Crippen LogP contribution is 2.22. The second kappa shape index (κ2) is 6.02. The number of nitrogens with zero attached hydrogens (tertiary/aromatic N) is 1. The normalized spacial score (nSPS) is 10.7. The van der Waals surface area contributed by atoms with Crippen LogP contribution in [0.25, 0.3) is 0 Å². The van der Waals surface area contributed by atoms with Gasteiger partial charge in [0, 0.05) is 6.21 Å². The Hall–Kier alpha value is -2.62. The summed E-state index contributed by atoms with van der Waals surface area (Å²) >= 11 is 0. The molecule has 0 spiro atoms. The van der Waals surface area contributed by atoms with Gasteiger partial charge in [-0.25, -0.2) is 4.79 Å². The molecule has 0 radical (unpaired) electrons. The first kappa shape index (κ1) is 13.8. The van der Waals surface area contributed by atoms with Crippen molar-refractivity contribution in [3.63, 3.8) is 0 Å². The van der Waals surface area contributed by atoms with Crippen molar-refractivity contribution in [1.29, 1.82) is 0 Å². The van der Waals surface area contributed by atoms with E-state index in [-0.39, 0.29) is 5.56 Å². The molecule has 0 aliphatic rings. The van der Waals surface area contributed by atoms with E-state index in [1.54, 1.807) is 38.4 Å². The van der Waals surface area contributed by atoms with Gasteiger partial charge in [0.05, 0.1) is 18.4 Å². The van der Waals surface area contributed by atoms with Gasteiger partial charge in [-0.15, -0.1) is 0 Å². The van der Waals surface area contributed by atoms with E-state index in [2.05, 4.69) is 4.99 Å². The molecule has 0 bridgehead atoms. The summed E-state index contributed by atoms with van der Waals surface area (Å²) in [5.74, 6) is -0.200. The highest BCUT2D eigenvalue weighted by molar-refractivity contribution is 5.96. The van der Waals surface area contributed by atoms with E-state index in [4.69, 9.17) is 4.74 Å². The molecule has 0 heterocycles. The number of carbonyl (C=O) groups is 1. The first-order valence-electron chi connectivity index (χ1n) is 6.13. The number of methoxy groups -OCH3 is 1. The summed E-state index contributed by atoms with van der Waals surface area (Å²) in [6, 6.07) is 12.6. The molecule has 1 N–H and O–H groups in total. The van der Waals surface area contributed by atoms with Crippen LogP contribution in [0.15, 0.2) is 47.5 Å². The molecule has 102 valence electrons. The van der Waals surface area contributed by atoms with E-state index in [1.165, 1.54) is 0 Å². The number of aliphatic imine (C=N–C) groups is 1. The zero-order valence-corrected chi connectivity index (χ0v) is 11.3. The number of hydrogen-bond acceptors (Lipinski definition) is 3. The van der Waals surface area contributed by atoms with Crippen LogP contribution in [0.1, 0.15) is 21.5 Å². The average Bonchev–Trinajstić information content (AvgIpc) is 2.45. The van der Waals surface area contributed by atoms with E-state index < -0.39 is 5.97 Å². The van der Waals surface area contributed by atoms with Gasteiger partial charge in [0.2, 0.25) is 0 Å². The van der Waals surface area contributed by atoms with Crippen LogP contribution in [-0.4, -0.2) is 24.4 Å². The molecule has 0 aliphatic heterocycles. The number of ether oxygens (including phenoxy) is 1. The van der Waals surface area contributed by atoms with Gasteiger partial charge in [-0.05, 0) is 48.4 Å². The van der Waals surface area contributed by atoms with E-state index in [0.29, 0.717) is 11.3 Å². The molecule has 0 saturated heterocycles. The number of carboxylic acids is 1. The SMILES string of the molecule is COc1ccc(C=Nc2cccc(C)c2C(=O)O)cc1. The van der Waals surface area contributed by atoms with Gasteiger partial charge in [0.15, 0.2) is 0 Å². The molecule has 0 atom stereocenters. The van der Waals surface area contributed by atoms with Gasteiger partial charge in [-0.2, -0.15) is 0 Å². The molecule has 0 aliphatic carbocycles. The fraction of sp³-hybridized carbons (Fsp3) is 0.125. The predicted molar refractivity (Wildman–Crippen MR) is 78.4 cm³/mol. The van der Waals surface area contributed by atoms with Crippen molar-refractivity contribution in [3.05, 3.63) is 59.2 Å². The number of carboxylic acid groups (broad SMARTS) is 1. The smallest absolute Gasteiger partial charge is 0.338 e. The number of hydrogen-bond donors (Lipinski definition) is 1. The molecule has 0 unspecified atom stereocenters. The zero-order chi connectivity index (χ0) is 14.5. The summed E-state index contributed by atoms with van der Waals surface area (Å²) in [7, 11) is 1.61. The van der Waals surface area contributed by atoms with Gasteiger partial charge in [-0.3, -0.25) is 4.99 Å². The third kappa shape index (κ3) is 3.03. The van der Waals surface area contributed by atoms with Crippen molar-refractivity contribution in [2.45, 2.75) is 6.92 Å². The minimum Gasteiger partial charge on any atom is -0.497 e. The minimum absolute atomic E-state index is 0.234. The molecule has 2 aromatic carbocycles. The second-order valence-corrected chi connectivity index (χ2v) is 4.31. The van der Waals surface area contributed by atoms with Crippen molar-refractivity contribution in [2.75, 3.05) is 7.11 Å². The molecule has 0 fully saturated rings. The third-order valence-corrected chi connectivity index (χ3v) is 2.93. The number of aryl methyl sites for hydroxylation is 1. The lowest BCUT2D eigenvalue weighted by atomic mass is 10.1. The Kier molecular flexibility index (Phi) is 4.15. The Labute approximate surface area is 117 Å². The van der Waals surface area contributed by atoms with Crippen LogP contribution in [0, 0.1) is 6.92 Å². The van der Waals surface area contributed by atoms with Crippen LogP contribution in [0.3, 0.4) is 0 Å². The maximum absolute atomic E-state index is 11.2. The highest BCUT2D eigenvalue weighted by Gasteiger charge is 2.11. The quantitative estimate of drug-likeness (QED) is 0.865. The van der Waals surface area contributed by atoms with Crippen molar-refractivity contribution in [3.8, 4) is 5.75 Å². The topological polar surface area (TPSA) is 58.9 Å². The average molecular weight is 269 g/mol. The van der Waals surface area contributed by atoms with E-state index >= 15 is 0 Å². The molecular weight excluding hydrogens is 254 g/mol. The standard InChI is InChI=1S/C16H15NO3/c1-11-4-3-5-14(15(11)16(18)19)17-10-12-6-8-13(20-2)9-7-12/h3-10H,1-2H3,(H,18,19). The van der Waals surface area contributed by atoms with E-state index in [0.717, 1.165) is 11.3 Å². The van der Waals surface area contributed by atoms with Crippen LogP contribution in [0.2, 0.25) is 0 Å². The first-order chi connectivity index (χ1) is 9.61. The fourth-order valence-electron chi connectivity index (χ4n) is 1.87. The Morgan fingerprint density at radius 1 is 1.20 bits per heavy atom. The summed E-state index contributed by atoms with van der Waals surface area (Å²) in [4.78, 5) is 15.5. The molecule has 2 aromatic rings. The number of benzene rings is 2. The van der Waals surface area contributed by atoms with Crippen molar-refractivity contribution < 1.29 is 14.6 Å². The summed E-state index contributed by atoms with van der Waals surface area (Å²) in [5, 5.41) is 9.22. The second-order valence-electron chi connectivity index (χ2n) is 4.31. The minimum atomic E-state index is -0.968. The summed E-state index contributed by atoms with van der Waals surface area (Å²) in [5.41, 5.74) is 2.26. The van der Waals surface area contributed by atoms with Crippen LogP contribution in [0.4, 0.5) is 5.69 Å². The van der Waals surface area contributed by atoms with Gasteiger partial charge in [0.1, 0.15) is 5.75 Å². The van der Waals surface area contributed by atoms with Crippen molar-refractivity contribution in [1.82, 2.24) is 0 Å². The summed E-state index contributed by atoms with van der Waals surface area (Å²) in [6.45, 7) is 1.76. The summed E-state index contributed by atoms with van der Waals surface area (Å²) < 4.78 is 5.08. The Morgan fingerprint density at radius 3 is 2.50 bits per heavy atom. The lowest BCUT2D eigenvalue weighted by Gasteiger charge is -2.04. The van der Waals surface area contributed by atoms with Crippen LogP contribution < -0.4 is 4.74 Å². The van der Waals surface area contributed by atoms with Crippen LogP contribution in [-0.2, 0) is 0 Å². The molecule has 20 heavy (non-hydrogen) atoms. The van der Waals surface area contributed by atoms with Crippen molar-refractivity contribution >= 4 is 17.9 Å². The molecule has 4 nitrogen and oxygen atoms in total. The lowest BCUT2D eigenvalue weighted by Crippen LogP contribution is -2.00. The van der Waals surface area contributed by atoms with Gasteiger partial charge < -0.3 is 9.84 Å². The molecular formula is C16H15NO3. The van der Waals surface area contributed by atoms with Gasteiger partial charge >= 0.3 is 5.97 Å². The predicted octanol–water partition coefficient (Wildman–Crippen LogP) is 3.45. The molecule has 0 aromatic heterocycles. The maximum atomic E-state index is 11.2. The lowest BCUT2D eigenvalue weighted by molar-refractivity contribution is 0.0697. The number of rotatable bonds is 4. The van der Waals surface area contributed by atoms with Crippen molar-refractivity contribution in [2.24, 2.45) is 4.99 Å². The molecule has 0 amide bonds. The van der Waals surface area contributed by atoms with E-state index in [1.807, 2.05) is 24.3 Å². The number of aromatic carboxylic acids is 1.